The number of rotatable bonds is 7. The maximum atomic E-state index is 12.4. The molecule has 0 radical (unpaired) electrons. The zero-order chi connectivity index (χ0) is 17.6. The van der Waals surface area contributed by atoms with Crippen molar-refractivity contribution in [2.24, 2.45) is 5.92 Å². The van der Waals surface area contributed by atoms with E-state index in [0.29, 0.717) is 25.4 Å². The van der Waals surface area contributed by atoms with Crippen LogP contribution in [0.25, 0.3) is 0 Å². The SMILES string of the molecule is CCCC1CN(Cc2ncccn2)CC1NC(=O)CN1CCCC1=O. The summed E-state index contributed by atoms with van der Waals surface area (Å²) in [5.74, 6) is 1.30. The fraction of sp³-hybridized carbons (Fsp3) is 0.667. The Morgan fingerprint density at radius 1 is 1.32 bits per heavy atom. The van der Waals surface area contributed by atoms with Crippen LogP contribution < -0.4 is 5.32 Å². The minimum Gasteiger partial charge on any atom is -0.350 e. The fourth-order valence-electron chi connectivity index (χ4n) is 3.83. The fourth-order valence-corrected chi connectivity index (χ4v) is 3.83. The lowest BCUT2D eigenvalue weighted by Crippen LogP contribution is -2.45. The van der Waals surface area contributed by atoms with Gasteiger partial charge in [0.05, 0.1) is 13.1 Å². The lowest BCUT2D eigenvalue weighted by Gasteiger charge is -2.21. The Bertz CT molecular complexity index is 594. The highest BCUT2D eigenvalue weighted by molar-refractivity contribution is 5.86. The summed E-state index contributed by atoms with van der Waals surface area (Å²) in [7, 11) is 0. The Morgan fingerprint density at radius 2 is 2.12 bits per heavy atom. The Kier molecular flexibility index (Phi) is 5.96. The molecule has 2 aliphatic heterocycles. The highest BCUT2D eigenvalue weighted by Gasteiger charge is 2.34. The van der Waals surface area contributed by atoms with E-state index in [1.165, 1.54) is 0 Å². The predicted octanol–water partition coefficient (Wildman–Crippen LogP) is 0.816. The van der Waals surface area contributed by atoms with E-state index in [4.69, 9.17) is 0 Å². The van der Waals surface area contributed by atoms with Gasteiger partial charge in [-0.2, -0.15) is 0 Å². The number of aromatic nitrogens is 2. The number of nitrogens with zero attached hydrogens (tertiary/aromatic N) is 4. The molecule has 2 saturated heterocycles. The molecule has 2 unspecified atom stereocenters. The van der Waals surface area contributed by atoms with Crippen LogP contribution in [0, 0.1) is 5.92 Å². The van der Waals surface area contributed by atoms with Crippen molar-refractivity contribution in [1.29, 1.82) is 0 Å². The molecule has 2 aliphatic rings. The second-order valence-corrected chi connectivity index (χ2v) is 7.00. The number of carbonyl (C=O) groups is 2. The summed E-state index contributed by atoms with van der Waals surface area (Å²) in [5, 5.41) is 3.16. The smallest absolute Gasteiger partial charge is 0.239 e. The van der Waals surface area contributed by atoms with Gasteiger partial charge >= 0.3 is 0 Å². The molecule has 7 nitrogen and oxygen atoms in total. The van der Waals surface area contributed by atoms with Crippen molar-refractivity contribution in [1.82, 2.24) is 25.1 Å². The maximum Gasteiger partial charge on any atom is 0.239 e. The Balaban J connectivity index is 1.54. The zero-order valence-electron chi connectivity index (χ0n) is 14.9. The molecule has 2 fully saturated rings. The number of carbonyl (C=O) groups excluding carboxylic acids is 2. The number of likely N-dealkylation sites (tertiary alicyclic amines) is 2. The first-order chi connectivity index (χ1) is 12.2. The first-order valence-electron chi connectivity index (χ1n) is 9.21. The van der Waals surface area contributed by atoms with Crippen molar-refractivity contribution in [3.05, 3.63) is 24.3 Å². The first-order valence-corrected chi connectivity index (χ1v) is 9.21. The lowest BCUT2D eigenvalue weighted by atomic mass is 9.98. The highest BCUT2D eigenvalue weighted by atomic mass is 16.2. The number of hydrogen-bond acceptors (Lipinski definition) is 5. The molecule has 1 N–H and O–H groups in total. The van der Waals surface area contributed by atoms with Gasteiger partial charge in [-0.05, 0) is 24.8 Å². The Labute approximate surface area is 148 Å². The van der Waals surface area contributed by atoms with Gasteiger partial charge < -0.3 is 10.2 Å². The van der Waals surface area contributed by atoms with Gasteiger partial charge in [-0.3, -0.25) is 14.5 Å². The largest absolute Gasteiger partial charge is 0.350 e. The van der Waals surface area contributed by atoms with Gasteiger partial charge in [0.2, 0.25) is 11.8 Å². The third kappa shape index (κ3) is 4.75. The van der Waals surface area contributed by atoms with Gasteiger partial charge in [-0.15, -0.1) is 0 Å². The van der Waals surface area contributed by atoms with Gasteiger partial charge in [0, 0.05) is 44.5 Å². The van der Waals surface area contributed by atoms with Crippen LogP contribution in [0.3, 0.4) is 0 Å². The molecular formula is C18H27N5O2. The van der Waals surface area contributed by atoms with Gasteiger partial charge in [0.25, 0.3) is 0 Å². The number of nitrogens with one attached hydrogen (secondary N) is 1. The summed E-state index contributed by atoms with van der Waals surface area (Å²) in [4.78, 5) is 36.6. The molecule has 3 heterocycles. The van der Waals surface area contributed by atoms with E-state index in [1.807, 2.05) is 6.07 Å². The van der Waals surface area contributed by atoms with Crippen molar-refractivity contribution in [3.8, 4) is 0 Å². The van der Waals surface area contributed by atoms with Crippen LogP contribution in [0.15, 0.2) is 18.5 Å². The third-order valence-electron chi connectivity index (χ3n) is 5.01. The summed E-state index contributed by atoms with van der Waals surface area (Å²) in [5.41, 5.74) is 0. The summed E-state index contributed by atoms with van der Waals surface area (Å²) >= 11 is 0. The quantitative estimate of drug-likeness (QED) is 0.791. The third-order valence-corrected chi connectivity index (χ3v) is 5.01. The summed E-state index contributed by atoms with van der Waals surface area (Å²) in [6, 6.07) is 1.95. The standard InChI is InChI=1S/C18H27N5O2/c1-2-5-14-10-22(12-16-19-7-4-8-20-16)11-15(14)21-17(24)13-23-9-3-6-18(23)25/h4,7-8,14-15H,2-3,5-6,9-13H2,1H3,(H,21,24). The molecule has 3 rings (SSSR count). The van der Waals surface area contributed by atoms with Crippen LogP contribution in [0.1, 0.15) is 38.4 Å². The van der Waals surface area contributed by atoms with Crippen molar-refractivity contribution < 1.29 is 9.59 Å². The number of amides is 2. The van der Waals surface area contributed by atoms with Gasteiger partial charge in [0.15, 0.2) is 0 Å². The average molecular weight is 345 g/mol. The number of hydrogen-bond donors (Lipinski definition) is 1. The van der Waals surface area contributed by atoms with E-state index in [9.17, 15) is 9.59 Å². The van der Waals surface area contributed by atoms with Crippen molar-refractivity contribution >= 4 is 11.8 Å². The van der Waals surface area contributed by atoms with Crippen LogP contribution in [0.2, 0.25) is 0 Å². The summed E-state index contributed by atoms with van der Waals surface area (Å²) < 4.78 is 0. The van der Waals surface area contributed by atoms with Crippen molar-refractivity contribution in [2.75, 3.05) is 26.2 Å². The topological polar surface area (TPSA) is 78.4 Å². The normalized spacial score (nSPS) is 24.0. The van der Waals surface area contributed by atoms with Crippen LogP contribution in [0.5, 0.6) is 0 Å². The molecule has 25 heavy (non-hydrogen) atoms. The predicted molar refractivity (Wildman–Crippen MR) is 93.5 cm³/mol. The Morgan fingerprint density at radius 3 is 2.80 bits per heavy atom. The van der Waals surface area contributed by atoms with E-state index < -0.39 is 0 Å². The van der Waals surface area contributed by atoms with Crippen LogP contribution >= 0.6 is 0 Å². The summed E-state index contributed by atoms with van der Waals surface area (Å²) in [6.45, 7) is 5.52. The molecule has 0 spiro atoms. The minimum atomic E-state index is -0.0424. The van der Waals surface area contributed by atoms with Crippen LogP contribution in [-0.4, -0.2) is 63.8 Å². The maximum absolute atomic E-state index is 12.4. The summed E-state index contributed by atoms with van der Waals surface area (Å²) in [6.07, 6.45) is 7.12. The van der Waals surface area contributed by atoms with E-state index in [0.717, 1.165) is 38.2 Å². The molecular weight excluding hydrogens is 318 g/mol. The molecule has 7 heteroatoms. The molecule has 1 aromatic rings. The first kappa shape index (κ1) is 17.8. The molecule has 0 saturated carbocycles. The molecule has 0 bridgehead atoms. The van der Waals surface area contributed by atoms with Crippen LogP contribution in [-0.2, 0) is 16.1 Å². The molecule has 2 amide bonds. The minimum absolute atomic E-state index is 0.0424. The van der Waals surface area contributed by atoms with E-state index >= 15 is 0 Å². The lowest BCUT2D eigenvalue weighted by molar-refractivity contribution is -0.133. The van der Waals surface area contributed by atoms with Gasteiger partial charge in [-0.1, -0.05) is 13.3 Å². The molecule has 136 valence electrons. The molecule has 0 aromatic carbocycles. The second-order valence-electron chi connectivity index (χ2n) is 7.00. The van der Waals surface area contributed by atoms with Crippen LogP contribution in [0.4, 0.5) is 0 Å². The van der Waals surface area contributed by atoms with E-state index in [-0.39, 0.29) is 24.4 Å². The van der Waals surface area contributed by atoms with E-state index in [1.54, 1.807) is 17.3 Å². The molecule has 1 aromatic heterocycles. The van der Waals surface area contributed by atoms with Gasteiger partial charge in [-0.25, -0.2) is 9.97 Å². The average Bonchev–Trinajstić information content (AvgIpc) is 3.15. The van der Waals surface area contributed by atoms with Crippen molar-refractivity contribution in [2.45, 2.75) is 45.2 Å². The molecule has 0 aliphatic carbocycles. The monoisotopic (exact) mass is 345 g/mol. The second kappa shape index (κ2) is 8.38. The zero-order valence-corrected chi connectivity index (χ0v) is 14.9. The molecule has 2 atom stereocenters. The Hall–Kier alpha value is -2.02. The van der Waals surface area contributed by atoms with Gasteiger partial charge in [0.1, 0.15) is 5.82 Å². The highest BCUT2D eigenvalue weighted by Crippen LogP contribution is 2.23. The van der Waals surface area contributed by atoms with E-state index in [2.05, 4.69) is 27.1 Å². The van der Waals surface area contributed by atoms with Crippen molar-refractivity contribution in [3.63, 3.8) is 0 Å².